The van der Waals surface area contributed by atoms with Gasteiger partial charge in [-0.15, -0.1) is 0 Å². The highest BCUT2D eigenvalue weighted by Crippen LogP contribution is 2.28. The van der Waals surface area contributed by atoms with Crippen molar-refractivity contribution in [1.29, 1.82) is 0 Å². The molecule has 0 atom stereocenters. The third-order valence-electron chi connectivity index (χ3n) is 4.14. The number of nitrogens with zero attached hydrogens (tertiary/aromatic N) is 2. The molecule has 3 heteroatoms. The Labute approximate surface area is 152 Å². The van der Waals surface area contributed by atoms with Gasteiger partial charge >= 0.3 is 0 Å². The van der Waals surface area contributed by atoms with Crippen LogP contribution in [0, 0.1) is 0 Å². The van der Waals surface area contributed by atoms with Gasteiger partial charge in [0.05, 0.1) is 0 Å². The molecule has 0 aliphatic rings. The molecule has 1 aromatic heterocycles. The first kappa shape index (κ1) is 16.0. The molecule has 4 aromatic rings. The maximum Gasteiger partial charge on any atom is 0.151 e. The summed E-state index contributed by atoms with van der Waals surface area (Å²) >= 11 is 0. The van der Waals surface area contributed by atoms with Gasteiger partial charge in [-0.25, -0.2) is 9.98 Å². The molecular formula is C23H18N2O. The molecular weight excluding hydrogens is 320 g/mol. The molecule has 0 saturated heterocycles. The van der Waals surface area contributed by atoms with E-state index in [0.29, 0.717) is 12.4 Å². The Morgan fingerprint density at radius 1 is 0.808 bits per heavy atom. The second kappa shape index (κ2) is 7.62. The lowest BCUT2D eigenvalue weighted by Crippen LogP contribution is -1.99. The lowest BCUT2D eigenvalue weighted by Gasteiger charge is -2.12. The first-order valence-corrected chi connectivity index (χ1v) is 8.54. The van der Waals surface area contributed by atoms with E-state index in [1.54, 1.807) is 6.20 Å². The largest absolute Gasteiger partial charge is 0.488 e. The molecule has 1 heterocycles. The molecule has 26 heavy (non-hydrogen) atoms. The van der Waals surface area contributed by atoms with Crippen molar-refractivity contribution in [1.82, 2.24) is 4.98 Å². The van der Waals surface area contributed by atoms with Crippen LogP contribution < -0.4 is 4.74 Å². The van der Waals surface area contributed by atoms with Gasteiger partial charge in [0.1, 0.15) is 12.4 Å². The monoisotopic (exact) mass is 338 g/mol. The normalized spacial score (nSPS) is 11.1. The molecule has 0 saturated carbocycles. The summed E-state index contributed by atoms with van der Waals surface area (Å²) in [7, 11) is 0. The summed E-state index contributed by atoms with van der Waals surface area (Å²) in [5.41, 5.74) is 2.10. The van der Waals surface area contributed by atoms with Gasteiger partial charge in [0.25, 0.3) is 0 Å². The van der Waals surface area contributed by atoms with Crippen molar-refractivity contribution in [2.45, 2.75) is 6.61 Å². The van der Waals surface area contributed by atoms with Crippen molar-refractivity contribution in [2.24, 2.45) is 4.99 Å². The Kier molecular flexibility index (Phi) is 4.70. The van der Waals surface area contributed by atoms with Gasteiger partial charge in [-0.1, -0.05) is 66.7 Å². The fourth-order valence-electron chi connectivity index (χ4n) is 2.83. The molecule has 0 bridgehead atoms. The maximum absolute atomic E-state index is 6.11. The van der Waals surface area contributed by atoms with Crippen LogP contribution in [0.2, 0.25) is 0 Å². The minimum absolute atomic E-state index is 0.517. The highest BCUT2D eigenvalue weighted by molar-refractivity contribution is 6.03. The molecule has 4 rings (SSSR count). The minimum atomic E-state index is 0.517. The smallest absolute Gasteiger partial charge is 0.151 e. The van der Waals surface area contributed by atoms with E-state index in [1.807, 2.05) is 60.8 Å². The van der Waals surface area contributed by atoms with E-state index in [-0.39, 0.29) is 0 Å². The average molecular weight is 338 g/mol. The van der Waals surface area contributed by atoms with Crippen LogP contribution in [-0.4, -0.2) is 11.2 Å². The number of hydrogen-bond acceptors (Lipinski definition) is 3. The second-order valence-corrected chi connectivity index (χ2v) is 5.92. The van der Waals surface area contributed by atoms with E-state index in [2.05, 4.69) is 40.3 Å². The zero-order chi connectivity index (χ0) is 17.6. The van der Waals surface area contributed by atoms with Crippen LogP contribution in [0.4, 0.5) is 5.82 Å². The summed E-state index contributed by atoms with van der Waals surface area (Å²) in [6, 6.07) is 28.2. The van der Waals surface area contributed by atoms with Crippen molar-refractivity contribution in [3.05, 3.63) is 102 Å². The Hall–Kier alpha value is -3.46. The highest BCUT2D eigenvalue weighted by atomic mass is 16.5. The van der Waals surface area contributed by atoms with Gasteiger partial charge in [-0.05, 0) is 34.5 Å². The van der Waals surface area contributed by atoms with Crippen molar-refractivity contribution < 1.29 is 4.74 Å². The van der Waals surface area contributed by atoms with Gasteiger partial charge < -0.3 is 4.74 Å². The lowest BCUT2D eigenvalue weighted by molar-refractivity contribution is 0.306. The fourth-order valence-corrected chi connectivity index (χ4v) is 2.83. The number of ether oxygens (including phenoxy) is 1. The van der Waals surface area contributed by atoms with Crippen molar-refractivity contribution >= 4 is 22.8 Å². The molecule has 3 nitrogen and oxygen atoms in total. The predicted molar refractivity (Wildman–Crippen MR) is 106 cm³/mol. The number of aliphatic imine (C=N–C) groups is 1. The van der Waals surface area contributed by atoms with Gasteiger partial charge in [-0.3, -0.25) is 0 Å². The molecule has 0 radical (unpaired) electrons. The van der Waals surface area contributed by atoms with Gasteiger partial charge in [0, 0.05) is 18.0 Å². The summed E-state index contributed by atoms with van der Waals surface area (Å²) in [5, 5.41) is 2.26. The summed E-state index contributed by atoms with van der Waals surface area (Å²) in [4.78, 5) is 8.78. The summed E-state index contributed by atoms with van der Waals surface area (Å²) in [5.74, 6) is 1.49. The molecule has 3 aromatic carbocycles. The Morgan fingerprint density at radius 3 is 2.46 bits per heavy atom. The quantitative estimate of drug-likeness (QED) is 0.446. The average Bonchev–Trinajstić information content (AvgIpc) is 2.72. The van der Waals surface area contributed by atoms with Gasteiger partial charge in [0.2, 0.25) is 0 Å². The summed E-state index contributed by atoms with van der Waals surface area (Å²) in [6.45, 7) is 0.517. The topological polar surface area (TPSA) is 34.5 Å². The number of fused-ring (bicyclic) bond motifs is 1. The van der Waals surface area contributed by atoms with Crippen LogP contribution in [-0.2, 0) is 6.61 Å². The van der Waals surface area contributed by atoms with Gasteiger partial charge in [-0.2, -0.15) is 0 Å². The van der Waals surface area contributed by atoms with Crippen LogP contribution in [0.25, 0.3) is 10.8 Å². The molecule has 0 N–H and O–H groups in total. The first-order valence-electron chi connectivity index (χ1n) is 8.54. The fraction of sp³-hybridized carbons (Fsp3) is 0.0435. The maximum atomic E-state index is 6.11. The molecule has 0 amide bonds. The van der Waals surface area contributed by atoms with E-state index in [4.69, 9.17) is 4.74 Å². The molecule has 126 valence electrons. The Bertz CT molecular complexity index is 1030. The minimum Gasteiger partial charge on any atom is -0.488 e. The summed E-state index contributed by atoms with van der Waals surface area (Å²) in [6.07, 6.45) is 3.58. The predicted octanol–water partition coefficient (Wildman–Crippen LogP) is 5.56. The Morgan fingerprint density at radius 2 is 1.62 bits per heavy atom. The summed E-state index contributed by atoms with van der Waals surface area (Å²) < 4.78 is 6.11. The third-order valence-corrected chi connectivity index (χ3v) is 4.14. The van der Waals surface area contributed by atoms with E-state index >= 15 is 0 Å². The molecule has 0 aliphatic heterocycles. The number of aromatic nitrogens is 1. The highest BCUT2D eigenvalue weighted by Gasteiger charge is 2.07. The van der Waals surface area contributed by atoms with E-state index in [9.17, 15) is 0 Å². The van der Waals surface area contributed by atoms with Crippen molar-refractivity contribution in [2.75, 3.05) is 0 Å². The standard InChI is InChI=1S/C23H18N2O/c1-2-8-18(9-3-1)17-26-22-14-13-19-10-4-5-11-20(19)21(22)16-25-23-12-6-7-15-24-23/h1-16H,17H2/b25-16+. The van der Waals surface area contributed by atoms with Crippen LogP contribution in [0.1, 0.15) is 11.1 Å². The van der Waals surface area contributed by atoms with Crippen LogP contribution >= 0.6 is 0 Å². The van der Waals surface area contributed by atoms with E-state index in [1.165, 1.54) is 0 Å². The zero-order valence-electron chi connectivity index (χ0n) is 14.2. The van der Waals surface area contributed by atoms with E-state index in [0.717, 1.165) is 27.6 Å². The number of benzene rings is 3. The molecule has 0 aliphatic carbocycles. The number of hydrogen-bond donors (Lipinski definition) is 0. The van der Waals surface area contributed by atoms with Crippen molar-refractivity contribution in [3.8, 4) is 5.75 Å². The SMILES string of the molecule is C(=N\c1ccccn1)/c1c(OCc2ccccc2)ccc2ccccc12. The zero-order valence-corrected chi connectivity index (χ0v) is 14.2. The lowest BCUT2D eigenvalue weighted by atomic mass is 10.0. The van der Waals surface area contributed by atoms with Crippen LogP contribution in [0.3, 0.4) is 0 Å². The number of rotatable bonds is 5. The molecule has 0 fully saturated rings. The second-order valence-electron chi connectivity index (χ2n) is 5.92. The number of pyridine rings is 1. The van der Waals surface area contributed by atoms with Crippen molar-refractivity contribution in [3.63, 3.8) is 0 Å². The third kappa shape index (κ3) is 3.62. The van der Waals surface area contributed by atoms with E-state index < -0.39 is 0 Å². The Balaban J connectivity index is 1.71. The van der Waals surface area contributed by atoms with Crippen LogP contribution in [0.15, 0.2) is 96.1 Å². The first-order chi connectivity index (χ1) is 12.9. The van der Waals surface area contributed by atoms with Gasteiger partial charge in [0.15, 0.2) is 5.82 Å². The molecule has 0 unspecified atom stereocenters. The molecule has 0 spiro atoms. The van der Waals surface area contributed by atoms with Crippen LogP contribution in [0.5, 0.6) is 5.75 Å².